The Labute approximate surface area is 159 Å². The van der Waals surface area contributed by atoms with Crippen molar-refractivity contribution in [2.24, 2.45) is 13.0 Å². The predicted octanol–water partition coefficient (Wildman–Crippen LogP) is 2.13. The van der Waals surface area contributed by atoms with Gasteiger partial charge in [-0.25, -0.2) is 0 Å². The molecule has 27 heavy (non-hydrogen) atoms. The summed E-state index contributed by atoms with van der Waals surface area (Å²) in [5.41, 5.74) is 2.53. The number of likely N-dealkylation sites (N-methyl/N-ethyl adjacent to an activating group) is 1. The van der Waals surface area contributed by atoms with Crippen LogP contribution in [0.15, 0.2) is 36.7 Å². The van der Waals surface area contributed by atoms with E-state index in [1.54, 1.807) is 17.9 Å². The molecule has 1 aliphatic carbocycles. The quantitative estimate of drug-likeness (QED) is 0.698. The molecule has 0 spiro atoms. The van der Waals surface area contributed by atoms with Crippen LogP contribution in [-0.4, -0.2) is 28.6 Å². The van der Waals surface area contributed by atoms with Gasteiger partial charge in [-0.05, 0) is 37.6 Å². The van der Waals surface area contributed by atoms with E-state index < -0.39 is 6.04 Å². The highest BCUT2D eigenvalue weighted by atomic mass is 16.2. The summed E-state index contributed by atoms with van der Waals surface area (Å²) in [6, 6.07) is 7.16. The van der Waals surface area contributed by atoms with Crippen molar-refractivity contribution >= 4 is 17.5 Å². The molecule has 2 aromatic rings. The molecule has 1 aromatic heterocycles. The first-order chi connectivity index (χ1) is 13.1. The van der Waals surface area contributed by atoms with Gasteiger partial charge >= 0.3 is 0 Å². The van der Waals surface area contributed by atoms with E-state index in [4.69, 9.17) is 0 Å². The van der Waals surface area contributed by atoms with Crippen molar-refractivity contribution in [1.29, 1.82) is 0 Å². The topological polar surface area (TPSA) is 88.1 Å². The number of aryl methyl sites for hydroxylation is 1. The van der Waals surface area contributed by atoms with Crippen molar-refractivity contribution in [2.45, 2.75) is 38.3 Å². The van der Waals surface area contributed by atoms with Gasteiger partial charge in [0.15, 0.2) is 0 Å². The molecule has 1 aromatic carbocycles. The Morgan fingerprint density at radius 1 is 1.30 bits per heavy atom. The van der Waals surface area contributed by atoms with E-state index in [0.29, 0.717) is 6.54 Å². The van der Waals surface area contributed by atoms with Crippen LogP contribution >= 0.6 is 0 Å². The lowest BCUT2D eigenvalue weighted by atomic mass is 10.1. The number of nitrogens with zero attached hydrogens (tertiary/aromatic N) is 2. The van der Waals surface area contributed by atoms with Crippen LogP contribution in [0.5, 0.6) is 0 Å². The number of rotatable bonds is 7. The first-order valence-corrected chi connectivity index (χ1v) is 9.40. The van der Waals surface area contributed by atoms with Gasteiger partial charge in [-0.1, -0.05) is 25.0 Å². The number of anilines is 1. The largest absolute Gasteiger partial charge is 0.350 e. The first-order valence-electron chi connectivity index (χ1n) is 9.40. The Balaban J connectivity index is 1.57. The molecule has 0 saturated heterocycles. The third-order valence-corrected chi connectivity index (χ3v) is 5.00. The Kier molecular flexibility index (Phi) is 6.24. The molecule has 0 radical (unpaired) electrons. The molecule has 1 atom stereocenters. The third-order valence-electron chi connectivity index (χ3n) is 5.00. The first kappa shape index (κ1) is 19.1. The minimum absolute atomic E-state index is 0.0977. The molecule has 3 rings (SSSR count). The highest BCUT2D eigenvalue weighted by Gasteiger charge is 2.23. The van der Waals surface area contributed by atoms with Crippen LogP contribution in [0.2, 0.25) is 0 Å². The van der Waals surface area contributed by atoms with Crippen molar-refractivity contribution in [2.75, 3.05) is 12.4 Å². The molecular weight excluding hydrogens is 342 g/mol. The lowest BCUT2D eigenvalue weighted by molar-refractivity contribution is -0.123. The highest BCUT2D eigenvalue weighted by Crippen LogP contribution is 2.26. The van der Waals surface area contributed by atoms with Crippen LogP contribution in [0.1, 0.15) is 42.9 Å². The van der Waals surface area contributed by atoms with Crippen molar-refractivity contribution < 1.29 is 9.59 Å². The summed E-state index contributed by atoms with van der Waals surface area (Å²) in [6.07, 6.45) is 7.71. The van der Waals surface area contributed by atoms with Gasteiger partial charge in [-0.3, -0.25) is 14.3 Å². The van der Waals surface area contributed by atoms with E-state index in [9.17, 15) is 9.59 Å². The fraction of sp³-hybridized carbons (Fsp3) is 0.450. The molecule has 144 valence electrons. The number of nitrogens with one attached hydrogen (secondary N) is 3. The zero-order valence-corrected chi connectivity index (χ0v) is 15.9. The summed E-state index contributed by atoms with van der Waals surface area (Å²) in [6.45, 7) is 0.393. The summed E-state index contributed by atoms with van der Waals surface area (Å²) in [4.78, 5) is 24.8. The van der Waals surface area contributed by atoms with Gasteiger partial charge in [0.05, 0.1) is 6.20 Å². The summed E-state index contributed by atoms with van der Waals surface area (Å²) in [7, 11) is 3.57. The number of carbonyl (C=O) groups is 2. The van der Waals surface area contributed by atoms with Gasteiger partial charge in [-0.2, -0.15) is 5.10 Å². The molecule has 2 amide bonds. The van der Waals surface area contributed by atoms with Crippen LogP contribution < -0.4 is 16.0 Å². The van der Waals surface area contributed by atoms with Gasteiger partial charge < -0.3 is 16.0 Å². The smallest absolute Gasteiger partial charge is 0.242 e. The van der Waals surface area contributed by atoms with E-state index >= 15 is 0 Å². The van der Waals surface area contributed by atoms with Crippen molar-refractivity contribution in [1.82, 2.24) is 20.4 Å². The number of benzene rings is 1. The average Bonchev–Trinajstić information content (AvgIpc) is 3.33. The van der Waals surface area contributed by atoms with Crippen LogP contribution in [0.3, 0.4) is 0 Å². The van der Waals surface area contributed by atoms with Gasteiger partial charge in [0.2, 0.25) is 11.8 Å². The monoisotopic (exact) mass is 369 g/mol. The molecular formula is C20H27N5O2. The van der Waals surface area contributed by atoms with Gasteiger partial charge in [0, 0.05) is 37.0 Å². The SMILES string of the molecule is CNC(C(=O)NCc1cccc(NC(=O)C2CCCC2)c1)c1cnn(C)c1. The fourth-order valence-electron chi connectivity index (χ4n) is 3.52. The van der Waals surface area contributed by atoms with E-state index in [-0.39, 0.29) is 17.7 Å². The third kappa shape index (κ3) is 4.95. The molecule has 7 heteroatoms. The van der Waals surface area contributed by atoms with E-state index in [1.807, 2.05) is 37.5 Å². The standard InChI is InChI=1S/C20H27N5O2/c1-21-18(16-12-23-25(2)13-16)20(27)22-11-14-6-5-9-17(10-14)24-19(26)15-7-3-4-8-15/h5-6,9-10,12-13,15,18,21H,3-4,7-8,11H2,1-2H3,(H,22,27)(H,24,26). The summed E-state index contributed by atoms with van der Waals surface area (Å²) in [5.74, 6) is 0.107. The molecule has 1 heterocycles. The maximum Gasteiger partial charge on any atom is 0.242 e. The normalized spacial score (nSPS) is 15.5. The molecule has 1 unspecified atom stereocenters. The lowest BCUT2D eigenvalue weighted by Crippen LogP contribution is -2.35. The van der Waals surface area contributed by atoms with Gasteiger partial charge in [-0.15, -0.1) is 0 Å². The van der Waals surface area contributed by atoms with E-state index in [2.05, 4.69) is 21.0 Å². The van der Waals surface area contributed by atoms with E-state index in [0.717, 1.165) is 42.5 Å². The average molecular weight is 369 g/mol. The maximum atomic E-state index is 12.5. The lowest BCUT2D eigenvalue weighted by Gasteiger charge is -2.15. The van der Waals surface area contributed by atoms with Crippen molar-refractivity contribution in [3.63, 3.8) is 0 Å². The molecule has 1 fully saturated rings. The van der Waals surface area contributed by atoms with Gasteiger partial charge in [0.1, 0.15) is 6.04 Å². The molecule has 3 N–H and O–H groups in total. The van der Waals surface area contributed by atoms with Crippen molar-refractivity contribution in [3.05, 3.63) is 47.8 Å². The predicted molar refractivity (Wildman–Crippen MR) is 104 cm³/mol. The van der Waals surface area contributed by atoms with Crippen LogP contribution in [0, 0.1) is 5.92 Å². The zero-order chi connectivity index (χ0) is 19.2. The second kappa shape index (κ2) is 8.81. The van der Waals surface area contributed by atoms with Crippen LogP contribution in [0.25, 0.3) is 0 Å². The summed E-state index contributed by atoms with van der Waals surface area (Å²) >= 11 is 0. The maximum absolute atomic E-state index is 12.5. The number of hydrogen-bond acceptors (Lipinski definition) is 4. The molecule has 0 aliphatic heterocycles. The number of carbonyl (C=O) groups excluding carboxylic acids is 2. The molecule has 1 saturated carbocycles. The highest BCUT2D eigenvalue weighted by molar-refractivity contribution is 5.92. The fourth-order valence-corrected chi connectivity index (χ4v) is 3.52. The van der Waals surface area contributed by atoms with Crippen LogP contribution in [0.4, 0.5) is 5.69 Å². The number of hydrogen-bond donors (Lipinski definition) is 3. The number of amides is 2. The van der Waals surface area contributed by atoms with Gasteiger partial charge in [0.25, 0.3) is 0 Å². The molecule has 0 bridgehead atoms. The van der Waals surface area contributed by atoms with Crippen LogP contribution in [-0.2, 0) is 23.2 Å². The van der Waals surface area contributed by atoms with Crippen molar-refractivity contribution in [3.8, 4) is 0 Å². The zero-order valence-electron chi connectivity index (χ0n) is 15.9. The number of aromatic nitrogens is 2. The Morgan fingerprint density at radius 3 is 2.74 bits per heavy atom. The molecule has 1 aliphatic rings. The molecule has 7 nitrogen and oxygen atoms in total. The second-order valence-electron chi connectivity index (χ2n) is 7.06. The Hall–Kier alpha value is -2.67. The summed E-state index contributed by atoms with van der Waals surface area (Å²) < 4.78 is 1.67. The van der Waals surface area contributed by atoms with E-state index in [1.165, 1.54) is 0 Å². The Morgan fingerprint density at radius 2 is 2.07 bits per heavy atom. The summed E-state index contributed by atoms with van der Waals surface area (Å²) in [5, 5.41) is 13.1. The minimum Gasteiger partial charge on any atom is -0.350 e. The minimum atomic E-state index is -0.455. The Bertz CT molecular complexity index is 795. The second-order valence-corrected chi connectivity index (χ2v) is 7.06.